The average molecular weight is 568 g/mol. The maximum absolute atomic E-state index is 14.4. The molecule has 0 bridgehead atoms. The topological polar surface area (TPSA) is 84.8 Å². The minimum absolute atomic E-state index is 0.0749. The second kappa shape index (κ2) is 12.1. The Bertz CT molecular complexity index is 1380. The number of hydrogen-bond acceptors (Lipinski definition) is 6. The first-order valence-electron chi connectivity index (χ1n) is 13.9. The molecule has 1 N–H and O–H groups in total. The van der Waals surface area contributed by atoms with Gasteiger partial charge in [-0.2, -0.15) is 9.37 Å². The van der Waals surface area contributed by atoms with E-state index in [4.69, 9.17) is 9.47 Å². The zero-order valence-electron chi connectivity index (χ0n) is 24.6. The first-order valence-corrected chi connectivity index (χ1v) is 13.9. The molecular weight excluding hydrogens is 528 g/mol. The molecule has 0 saturated carbocycles. The lowest BCUT2D eigenvalue weighted by molar-refractivity contribution is -0.160. The Hall–Kier alpha value is -3.59. The van der Waals surface area contributed by atoms with Crippen LogP contribution < -0.4 is 9.64 Å². The number of benzene rings is 1. The minimum Gasteiger partial charge on any atom is -0.479 e. The maximum Gasteiger partial charge on any atom is 0.337 e. The maximum atomic E-state index is 14.4. The van der Waals surface area contributed by atoms with Gasteiger partial charge in [0.05, 0.1) is 17.9 Å². The molecular formula is C32H39F2N3O4. The predicted octanol–water partition coefficient (Wildman–Crippen LogP) is 6.92. The number of aliphatic carboxylic acids is 1. The summed E-state index contributed by atoms with van der Waals surface area (Å²) in [6.07, 6.45) is 2.68. The highest BCUT2D eigenvalue weighted by Gasteiger charge is 2.36. The minimum atomic E-state index is -1.27. The highest BCUT2D eigenvalue weighted by Crippen LogP contribution is 2.45. The number of aryl methyl sites for hydroxylation is 1. The molecule has 1 fully saturated rings. The fourth-order valence-corrected chi connectivity index (χ4v) is 5.03. The third-order valence-electron chi connectivity index (χ3n) is 7.34. The van der Waals surface area contributed by atoms with E-state index in [1.54, 1.807) is 31.3 Å². The smallest absolute Gasteiger partial charge is 0.337 e. The van der Waals surface area contributed by atoms with Gasteiger partial charge in [0.25, 0.3) is 0 Å². The van der Waals surface area contributed by atoms with E-state index in [2.05, 4.69) is 28.7 Å². The molecule has 220 valence electrons. The normalized spacial score (nSPS) is 16.0. The second-order valence-corrected chi connectivity index (χ2v) is 12.3. The van der Waals surface area contributed by atoms with Crippen molar-refractivity contribution in [1.82, 2.24) is 9.97 Å². The highest BCUT2D eigenvalue weighted by atomic mass is 19.1. The van der Waals surface area contributed by atoms with Gasteiger partial charge in [-0.1, -0.05) is 26.0 Å². The molecule has 0 spiro atoms. The van der Waals surface area contributed by atoms with E-state index >= 15 is 0 Å². The summed E-state index contributed by atoms with van der Waals surface area (Å²) >= 11 is 0. The first-order chi connectivity index (χ1) is 19.2. The fourth-order valence-electron chi connectivity index (χ4n) is 5.03. The molecule has 0 radical (unpaired) electrons. The zero-order valence-corrected chi connectivity index (χ0v) is 24.6. The van der Waals surface area contributed by atoms with Crippen LogP contribution in [-0.4, -0.2) is 46.3 Å². The molecule has 3 heterocycles. The van der Waals surface area contributed by atoms with Crippen LogP contribution in [0.15, 0.2) is 42.6 Å². The van der Waals surface area contributed by atoms with Gasteiger partial charge in [0, 0.05) is 48.1 Å². The number of pyridine rings is 2. The SMILES string of the molecule is Cc1ncc(-c2ccc(F)nc2OCCc2ccc(F)cc2)c(N2CCC(C)(C)CC2)c1[C@H](OC(C)(C)C)C(=O)O. The summed E-state index contributed by atoms with van der Waals surface area (Å²) in [6.45, 7) is 13.3. The Labute approximate surface area is 240 Å². The Kier molecular flexibility index (Phi) is 8.97. The number of anilines is 1. The van der Waals surface area contributed by atoms with Crippen LogP contribution in [0.4, 0.5) is 14.5 Å². The molecule has 0 unspecified atom stereocenters. The molecule has 1 aromatic carbocycles. The largest absolute Gasteiger partial charge is 0.479 e. The molecule has 0 amide bonds. The van der Waals surface area contributed by atoms with Crippen LogP contribution in [0.2, 0.25) is 0 Å². The van der Waals surface area contributed by atoms with Crippen LogP contribution in [0.1, 0.15) is 70.4 Å². The lowest BCUT2D eigenvalue weighted by atomic mass is 9.82. The molecule has 2 aromatic heterocycles. The summed E-state index contributed by atoms with van der Waals surface area (Å²) in [4.78, 5) is 23.5. The fraction of sp³-hybridized carbons (Fsp3) is 0.469. The number of hydrogen-bond donors (Lipinski definition) is 1. The van der Waals surface area contributed by atoms with E-state index in [0.29, 0.717) is 47.6 Å². The number of halogens is 2. The molecule has 1 aliphatic heterocycles. The molecule has 1 atom stereocenters. The summed E-state index contributed by atoms with van der Waals surface area (Å²) in [6, 6.07) is 8.95. The van der Waals surface area contributed by atoms with Gasteiger partial charge in [0.2, 0.25) is 11.8 Å². The summed E-state index contributed by atoms with van der Waals surface area (Å²) in [5.74, 6) is -2.07. The van der Waals surface area contributed by atoms with Crippen LogP contribution in [0.25, 0.3) is 11.1 Å². The van der Waals surface area contributed by atoms with Crippen LogP contribution in [0.5, 0.6) is 5.88 Å². The number of carboxylic acid groups (broad SMARTS) is 1. The number of ether oxygens (including phenoxy) is 2. The molecule has 0 aliphatic carbocycles. The van der Waals surface area contributed by atoms with E-state index in [1.807, 2.05) is 20.8 Å². The van der Waals surface area contributed by atoms with Crippen molar-refractivity contribution >= 4 is 11.7 Å². The van der Waals surface area contributed by atoms with Crippen molar-refractivity contribution in [2.75, 3.05) is 24.6 Å². The Balaban J connectivity index is 1.82. The van der Waals surface area contributed by atoms with Gasteiger partial charge in [-0.25, -0.2) is 9.18 Å². The van der Waals surface area contributed by atoms with Gasteiger partial charge >= 0.3 is 5.97 Å². The van der Waals surface area contributed by atoms with Crippen molar-refractivity contribution in [2.45, 2.75) is 72.5 Å². The quantitative estimate of drug-likeness (QED) is 0.281. The third kappa shape index (κ3) is 7.58. The van der Waals surface area contributed by atoms with Gasteiger partial charge in [-0.05, 0) is 75.8 Å². The van der Waals surface area contributed by atoms with Crippen molar-refractivity contribution in [3.8, 4) is 17.0 Å². The monoisotopic (exact) mass is 567 g/mol. The number of rotatable bonds is 9. The highest BCUT2D eigenvalue weighted by molar-refractivity contribution is 5.87. The standard InChI is InChI=1S/C32H39F2N3O4/c1-20-26(28(30(38)39)41-31(2,3)4)27(37-16-14-32(5,6)15-17-37)24(19-35-20)23-11-12-25(34)36-29(23)40-18-13-21-7-9-22(33)10-8-21/h7-12,19,28H,13-18H2,1-6H3,(H,38,39)/t28-/m0/s1. The van der Waals surface area contributed by atoms with Gasteiger partial charge in [0.1, 0.15) is 5.82 Å². The molecule has 4 rings (SSSR count). The Morgan fingerprint density at radius 3 is 2.34 bits per heavy atom. The molecule has 41 heavy (non-hydrogen) atoms. The van der Waals surface area contributed by atoms with E-state index in [-0.39, 0.29) is 23.7 Å². The summed E-state index contributed by atoms with van der Waals surface area (Å²) < 4.78 is 39.8. The van der Waals surface area contributed by atoms with Crippen LogP contribution in [0, 0.1) is 24.1 Å². The predicted molar refractivity (Wildman–Crippen MR) is 154 cm³/mol. The Morgan fingerprint density at radius 1 is 1.07 bits per heavy atom. The summed E-state index contributed by atoms with van der Waals surface area (Å²) in [5, 5.41) is 10.3. The zero-order chi connectivity index (χ0) is 29.9. The van der Waals surface area contributed by atoms with Crippen molar-refractivity contribution < 1.29 is 28.2 Å². The van der Waals surface area contributed by atoms with E-state index in [9.17, 15) is 18.7 Å². The van der Waals surface area contributed by atoms with Crippen molar-refractivity contribution in [2.24, 2.45) is 5.41 Å². The van der Waals surface area contributed by atoms with Gasteiger partial charge < -0.3 is 19.5 Å². The van der Waals surface area contributed by atoms with Crippen molar-refractivity contribution in [3.63, 3.8) is 0 Å². The van der Waals surface area contributed by atoms with Gasteiger partial charge in [-0.15, -0.1) is 0 Å². The van der Waals surface area contributed by atoms with Gasteiger partial charge in [0.15, 0.2) is 6.10 Å². The molecule has 3 aromatic rings. The summed E-state index contributed by atoms with van der Waals surface area (Å²) in [5.41, 5.74) is 3.06. The van der Waals surface area contributed by atoms with Crippen LogP contribution in [0.3, 0.4) is 0 Å². The average Bonchev–Trinajstić information content (AvgIpc) is 2.88. The number of aromatic nitrogens is 2. The molecule has 9 heteroatoms. The molecule has 1 saturated heterocycles. The number of carbonyl (C=O) groups is 1. The Morgan fingerprint density at radius 2 is 1.73 bits per heavy atom. The first kappa shape index (κ1) is 30.4. The van der Waals surface area contributed by atoms with E-state index in [0.717, 1.165) is 18.4 Å². The van der Waals surface area contributed by atoms with Crippen LogP contribution in [-0.2, 0) is 16.0 Å². The second-order valence-electron chi connectivity index (χ2n) is 12.3. The number of nitrogens with zero attached hydrogens (tertiary/aromatic N) is 3. The van der Waals surface area contributed by atoms with Crippen LogP contribution >= 0.6 is 0 Å². The van der Waals surface area contributed by atoms with Gasteiger partial charge in [-0.3, -0.25) is 4.98 Å². The van der Waals surface area contributed by atoms with Crippen molar-refractivity contribution in [3.05, 3.63) is 71.2 Å². The number of carboxylic acids is 1. The third-order valence-corrected chi connectivity index (χ3v) is 7.34. The van der Waals surface area contributed by atoms with Crippen molar-refractivity contribution in [1.29, 1.82) is 0 Å². The summed E-state index contributed by atoms with van der Waals surface area (Å²) in [7, 11) is 0. The lowest BCUT2D eigenvalue weighted by Gasteiger charge is -2.41. The van der Waals surface area contributed by atoms with E-state index < -0.39 is 23.6 Å². The number of piperidine rings is 1. The lowest BCUT2D eigenvalue weighted by Crippen LogP contribution is -2.39. The van der Waals surface area contributed by atoms with E-state index in [1.165, 1.54) is 18.2 Å². The molecule has 7 nitrogen and oxygen atoms in total. The molecule has 1 aliphatic rings.